The molecule has 0 aliphatic carbocycles. The van der Waals surface area contributed by atoms with Crippen LogP contribution in [0.4, 0.5) is 0 Å². The van der Waals surface area contributed by atoms with E-state index in [4.69, 9.17) is 24.1 Å². The first-order valence-corrected chi connectivity index (χ1v) is 14.5. The number of methoxy groups -OCH3 is 2. The number of hydrogen-bond donors (Lipinski definition) is 1. The van der Waals surface area contributed by atoms with E-state index in [0.29, 0.717) is 60.6 Å². The molecule has 3 aromatic rings. The van der Waals surface area contributed by atoms with E-state index >= 15 is 0 Å². The Balaban J connectivity index is 1.34. The third-order valence-electron chi connectivity index (χ3n) is 7.08. The van der Waals surface area contributed by atoms with E-state index < -0.39 is 11.9 Å². The van der Waals surface area contributed by atoms with Gasteiger partial charge in [-0.15, -0.1) is 11.3 Å². The number of rotatable bonds is 15. The van der Waals surface area contributed by atoms with Crippen molar-refractivity contribution in [3.8, 4) is 23.0 Å². The van der Waals surface area contributed by atoms with Crippen molar-refractivity contribution in [1.29, 1.82) is 0 Å². The zero-order valence-corrected chi connectivity index (χ0v) is 25.0. The number of amides is 1. The molecule has 11 heteroatoms. The molecule has 1 aromatic heterocycles. The van der Waals surface area contributed by atoms with Crippen LogP contribution in [0.15, 0.2) is 30.3 Å². The summed E-state index contributed by atoms with van der Waals surface area (Å²) in [5, 5.41) is 9.92. The molecular formula is C31H35NO9S. The molecule has 0 spiro atoms. The summed E-state index contributed by atoms with van der Waals surface area (Å²) in [7, 11) is 3.11. The van der Waals surface area contributed by atoms with E-state index in [9.17, 15) is 19.2 Å². The van der Waals surface area contributed by atoms with Gasteiger partial charge in [0.05, 0.1) is 38.2 Å². The van der Waals surface area contributed by atoms with E-state index in [2.05, 4.69) is 0 Å². The number of carboxylic acid groups (broad SMARTS) is 1. The van der Waals surface area contributed by atoms with Gasteiger partial charge >= 0.3 is 5.97 Å². The Morgan fingerprint density at radius 2 is 1.50 bits per heavy atom. The molecule has 0 bridgehead atoms. The molecule has 10 nitrogen and oxygen atoms in total. The zero-order valence-electron chi connectivity index (χ0n) is 24.1. The van der Waals surface area contributed by atoms with E-state index in [1.807, 2.05) is 24.3 Å². The molecular weight excluding hydrogens is 562 g/mol. The Morgan fingerprint density at radius 1 is 0.905 bits per heavy atom. The number of benzene rings is 2. The van der Waals surface area contributed by atoms with Crippen LogP contribution in [0.5, 0.6) is 23.0 Å². The molecule has 0 unspecified atom stereocenters. The second-order valence-corrected chi connectivity index (χ2v) is 11.5. The van der Waals surface area contributed by atoms with Crippen molar-refractivity contribution in [2.75, 3.05) is 27.4 Å². The summed E-state index contributed by atoms with van der Waals surface area (Å²) in [6.07, 6.45) is 1.49. The quantitative estimate of drug-likeness (QED) is 0.144. The number of thiophene rings is 1. The predicted molar refractivity (Wildman–Crippen MR) is 157 cm³/mol. The summed E-state index contributed by atoms with van der Waals surface area (Å²) in [6, 6.07) is 9.17. The molecule has 224 valence electrons. The number of aldehydes is 1. The van der Waals surface area contributed by atoms with Gasteiger partial charge in [0.2, 0.25) is 5.91 Å². The highest BCUT2D eigenvalue weighted by molar-refractivity contribution is 7.20. The molecule has 2 aromatic carbocycles. The molecule has 1 aliphatic heterocycles. The molecule has 2 heterocycles. The number of Topliss-reactive ketones (excluding diaryl/α,β-unsaturated/α-hetero) is 1. The summed E-state index contributed by atoms with van der Waals surface area (Å²) in [4.78, 5) is 49.4. The fraction of sp³-hybridized carbons (Fsp3) is 0.419. The second kappa shape index (κ2) is 13.7. The molecule has 1 amide bonds. The average Bonchev–Trinajstić information content (AvgIpc) is 3.59. The zero-order chi connectivity index (χ0) is 30.4. The van der Waals surface area contributed by atoms with Crippen LogP contribution >= 0.6 is 11.3 Å². The van der Waals surface area contributed by atoms with Crippen LogP contribution < -0.4 is 18.9 Å². The van der Waals surface area contributed by atoms with Gasteiger partial charge in [-0.25, -0.2) is 0 Å². The molecule has 0 saturated carbocycles. The van der Waals surface area contributed by atoms with Gasteiger partial charge in [0.25, 0.3) is 0 Å². The lowest BCUT2D eigenvalue weighted by molar-refractivity contribution is -0.141. The predicted octanol–water partition coefficient (Wildman–Crippen LogP) is 5.13. The lowest BCUT2D eigenvalue weighted by Gasteiger charge is -2.16. The smallest absolute Gasteiger partial charge is 0.306 e. The monoisotopic (exact) mass is 597 g/mol. The second-order valence-electron chi connectivity index (χ2n) is 10.4. The van der Waals surface area contributed by atoms with Crippen LogP contribution in [-0.4, -0.2) is 61.4 Å². The SMILES string of the molecule is COc1cc2c(cc1OCCCOc1cc3cc(C(=O)C[C@H](C)C(=O)O)sc3cc1OC)CN(C(=O)C[C@H](C)C=O)C2. The van der Waals surface area contributed by atoms with Gasteiger partial charge in [0.1, 0.15) is 6.29 Å². The number of ketones is 1. The van der Waals surface area contributed by atoms with Crippen molar-refractivity contribution >= 4 is 45.4 Å². The minimum atomic E-state index is -0.999. The fourth-order valence-corrected chi connectivity index (χ4v) is 5.67. The highest BCUT2D eigenvalue weighted by atomic mass is 32.1. The summed E-state index contributed by atoms with van der Waals surface area (Å²) in [5.74, 6) is -0.108. The van der Waals surface area contributed by atoms with Gasteiger partial charge in [0.15, 0.2) is 28.8 Å². The van der Waals surface area contributed by atoms with Gasteiger partial charge < -0.3 is 33.7 Å². The van der Waals surface area contributed by atoms with E-state index in [1.165, 1.54) is 18.3 Å². The number of carboxylic acids is 1. The van der Waals surface area contributed by atoms with E-state index in [1.54, 1.807) is 32.1 Å². The number of ether oxygens (including phenoxy) is 4. The molecule has 2 atom stereocenters. The molecule has 0 radical (unpaired) electrons. The van der Waals surface area contributed by atoms with Crippen LogP contribution in [0, 0.1) is 11.8 Å². The Kier molecular flexibility index (Phi) is 10.1. The summed E-state index contributed by atoms with van der Waals surface area (Å²) >= 11 is 1.30. The van der Waals surface area contributed by atoms with Crippen molar-refractivity contribution in [3.63, 3.8) is 0 Å². The molecule has 0 saturated heterocycles. The first-order chi connectivity index (χ1) is 20.1. The Labute approximate surface area is 248 Å². The first-order valence-electron chi connectivity index (χ1n) is 13.7. The topological polar surface area (TPSA) is 129 Å². The van der Waals surface area contributed by atoms with Gasteiger partial charge in [-0.2, -0.15) is 0 Å². The van der Waals surface area contributed by atoms with E-state index in [0.717, 1.165) is 27.5 Å². The first kappa shape index (κ1) is 30.8. The maximum absolute atomic E-state index is 12.6. The molecule has 1 aliphatic rings. The van der Waals surface area contributed by atoms with E-state index in [-0.39, 0.29) is 30.4 Å². The van der Waals surface area contributed by atoms with Gasteiger partial charge in [-0.1, -0.05) is 13.8 Å². The highest BCUT2D eigenvalue weighted by Crippen LogP contribution is 2.38. The number of carbonyl (C=O) groups excluding carboxylic acids is 3. The van der Waals surface area contributed by atoms with Crippen LogP contribution in [0.2, 0.25) is 0 Å². The summed E-state index contributed by atoms with van der Waals surface area (Å²) in [6.45, 7) is 4.88. The van der Waals surface area contributed by atoms with Gasteiger partial charge in [-0.3, -0.25) is 14.4 Å². The number of fused-ring (bicyclic) bond motifs is 2. The minimum Gasteiger partial charge on any atom is -0.493 e. The van der Waals surface area contributed by atoms with Crippen LogP contribution in [0.1, 0.15) is 53.9 Å². The molecule has 42 heavy (non-hydrogen) atoms. The van der Waals surface area contributed by atoms with Crippen molar-refractivity contribution in [3.05, 3.63) is 46.3 Å². The standard InChI is InChI=1S/C31H35NO9S/c1-18(17-33)8-30(35)32-15-21-11-24(38-3)27(12-22(21)16-32)41-7-5-6-40-26-10-20-13-29(23(34)9-19(2)31(36)37)42-28(20)14-25(26)39-4/h10-14,17-19H,5-9,15-16H2,1-4H3,(H,36,37)/t18-,19-/m0/s1. The third kappa shape index (κ3) is 7.20. The summed E-state index contributed by atoms with van der Waals surface area (Å²) in [5.41, 5.74) is 1.98. The highest BCUT2D eigenvalue weighted by Gasteiger charge is 2.26. The van der Waals surface area contributed by atoms with Crippen molar-refractivity contribution in [2.45, 2.75) is 46.2 Å². The number of nitrogens with zero attached hydrogens (tertiary/aromatic N) is 1. The number of carbonyl (C=O) groups is 4. The lowest BCUT2D eigenvalue weighted by Crippen LogP contribution is -2.27. The number of aliphatic carboxylic acids is 1. The van der Waals surface area contributed by atoms with Gasteiger partial charge in [-0.05, 0) is 40.8 Å². The third-order valence-corrected chi connectivity index (χ3v) is 8.22. The Bertz CT molecular complexity index is 1480. The minimum absolute atomic E-state index is 0.0592. The lowest BCUT2D eigenvalue weighted by atomic mass is 10.0. The maximum Gasteiger partial charge on any atom is 0.306 e. The average molecular weight is 598 g/mol. The Morgan fingerprint density at radius 3 is 2.10 bits per heavy atom. The molecule has 4 rings (SSSR count). The molecule has 0 fully saturated rings. The van der Waals surface area contributed by atoms with Crippen molar-refractivity contribution in [1.82, 2.24) is 4.90 Å². The van der Waals surface area contributed by atoms with Crippen LogP contribution in [-0.2, 0) is 27.5 Å². The van der Waals surface area contributed by atoms with Crippen molar-refractivity contribution in [2.24, 2.45) is 11.8 Å². The van der Waals surface area contributed by atoms with Crippen LogP contribution in [0.3, 0.4) is 0 Å². The molecule has 1 N–H and O–H groups in total. The van der Waals surface area contributed by atoms with Crippen LogP contribution in [0.25, 0.3) is 10.1 Å². The summed E-state index contributed by atoms with van der Waals surface area (Å²) < 4.78 is 23.9. The number of hydrogen-bond acceptors (Lipinski definition) is 9. The maximum atomic E-state index is 12.6. The normalized spacial score (nSPS) is 13.8. The van der Waals surface area contributed by atoms with Gasteiger partial charge in [0, 0.05) is 49.0 Å². The van der Waals surface area contributed by atoms with Crippen molar-refractivity contribution < 1.29 is 43.2 Å². The Hall–Kier alpha value is -4.12. The largest absolute Gasteiger partial charge is 0.493 e. The fourth-order valence-electron chi connectivity index (χ4n) is 4.65.